The largest absolute Gasteiger partial charge is 0.388 e. The Kier molecular flexibility index (Phi) is 4.91. The van der Waals surface area contributed by atoms with Gasteiger partial charge in [0.1, 0.15) is 0 Å². The van der Waals surface area contributed by atoms with E-state index in [9.17, 15) is 8.42 Å². The van der Waals surface area contributed by atoms with Crippen LogP contribution >= 0.6 is 0 Å². The standard InChI is InChI=1S/C15H24N2O3S/c1-10-7-14(16-4)8-11(2)15(10)21(18,19)17-9-13-5-6-20-12(13)3/h7-8,12-13,16-17H,5-6,9H2,1-4H3. The van der Waals surface area contributed by atoms with E-state index >= 15 is 0 Å². The molecule has 1 heterocycles. The van der Waals surface area contributed by atoms with Crippen molar-refractivity contribution in [2.24, 2.45) is 5.92 Å². The lowest BCUT2D eigenvalue weighted by atomic mass is 10.0. The summed E-state index contributed by atoms with van der Waals surface area (Å²) in [6.45, 7) is 6.77. The van der Waals surface area contributed by atoms with Crippen LogP contribution in [0.3, 0.4) is 0 Å². The summed E-state index contributed by atoms with van der Waals surface area (Å²) in [5.74, 6) is 0.247. The van der Waals surface area contributed by atoms with Crippen molar-refractivity contribution >= 4 is 15.7 Å². The van der Waals surface area contributed by atoms with Crippen molar-refractivity contribution in [1.82, 2.24) is 4.72 Å². The van der Waals surface area contributed by atoms with Crippen molar-refractivity contribution in [3.05, 3.63) is 23.3 Å². The predicted molar refractivity (Wildman–Crippen MR) is 84.2 cm³/mol. The zero-order valence-corrected chi connectivity index (χ0v) is 13.9. The number of ether oxygens (including phenoxy) is 1. The molecule has 1 aliphatic heterocycles. The van der Waals surface area contributed by atoms with Gasteiger partial charge < -0.3 is 10.1 Å². The number of rotatable bonds is 5. The number of hydrogen-bond donors (Lipinski definition) is 2. The molecule has 6 heteroatoms. The van der Waals surface area contributed by atoms with E-state index in [1.807, 2.05) is 40.0 Å². The van der Waals surface area contributed by atoms with Gasteiger partial charge in [0.15, 0.2) is 0 Å². The quantitative estimate of drug-likeness (QED) is 0.873. The highest BCUT2D eigenvalue weighted by Gasteiger charge is 2.27. The predicted octanol–water partition coefficient (Wildman–Crippen LogP) is 2.05. The molecule has 0 spiro atoms. The van der Waals surface area contributed by atoms with E-state index in [4.69, 9.17) is 4.74 Å². The third kappa shape index (κ3) is 3.56. The highest BCUT2D eigenvalue weighted by Crippen LogP contribution is 2.25. The highest BCUT2D eigenvalue weighted by atomic mass is 32.2. The van der Waals surface area contributed by atoms with Crippen LogP contribution in [-0.2, 0) is 14.8 Å². The van der Waals surface area contributed by atoms with Gasteiger partial charge in [-0.15, -0.1) is 0 Å². The zero-order chi connectivity index (χ0) is 15.6. The normalized spacial score (nSPS) is 22.5. The average molecular weight is 312 g/mol. The zero-order valence-electron chi connectivity index (χ0n) is 13.1. The molecule has 1 fully saturated rings. The van der Waals surface area contributed by atoms with Gasteiger partial charge in [-0.1, -0.05) is 0 Å². The molecule has 2 rings (SSSR count). The summed E-state index contributed by atoms with van der Waals surface area (Å²) in [5.41, 5.74) is 2.42. The number of hydrogen-bond acceptors (Lipinski definition) is 4. The van der Waals surface area contributed by atoms with Gasteiger partial charge in [0, 0.05) is 31.8 Å². The van der Waals surface area contributed by atoms with Crippen molar-refractivity contribution in [2.45, 2.75) is 38.2 Å². The molecule has 0 aromatic heterocycles. The van der Waals surface area contributed by atoms with Crippen LogP contribution in [0.4, 0.5) is 5.69 Å². The van der Waals surface area contributed by atoms with Crippen molar-refractivity contribution in [3.63, 3.8) is 0 Å². The summed E-state index contributed by atoms with van der Waals surface area (Å²) in [4.78, 5) is 0.382. The summed E-state index contributed by atoms with van der Waals surface area (Å²) >= 11 is 0. The third-order valence-corrected chi connectivity index (χ3v) is 5.81. The molecule has 118 valence electrons. The van der Waals surface area contributed by atoms with Crippen molar-refractivity contribution in [2.75, 3.05) is 25.5 Å². The van der Waals surface area contributed by atoms with Crippen LogP contribution < -0.4 is 10.0 Å². The van der Waals surface area contributed by atoms with Crippen LogP contribution in [0.25, 0.3) is 0 Å². The van der Waals surface area contributed by atoms with E-state index in [1.165, 1.54) is 0 Å². The lowest BCUT2D eigenvalue weighted by molar-refractivity contribution is 0.107. The molecular formula is C15H24N2O3S. The van der Waals surface area contributed by atoms with Crippen molar-refractivity contribution < 1.29 is 13.2 Å². The lowest BCUT2D eigenvalue weighted by Crippen LogP contribution is -2.32. The van der Waals surface area contributed by atoms with Gasteiger partial charge in [0.25, 0.3) is 0 Å². The van der Waals surface area contributed by atoms with E-state index in [0.29, 0.717) is 18.0 Å². The van der Waals surface area contributed by atoms with Crippen molar-refractivity contribution in [1.29, 1.82) is 0 Å². The number of anilines is 1. The minimum atomic E-state index is -3.49. The Morgan fingerprint density at radius 2 is 1.90 bits per heavy atom. The summed E-state index contributed by atoms with van der Waals surface area (Å²) in [6, 6.07) is 3.70. The fraction of sp³-hybridized carbons (Fsp3) is 0.600. The monoisotopic (exact) mass is 312 g/mol. The second-order valence-corrected chi connectivity index (χ2v) is 7.37. The van der Waals surface area contributed by atoms with E-state index in [2.05, 4.69) is 10.0 Å². The van der Waals surface area contributed by atoms with Gasteiger partial charge >= 0.3 is 0 Å². The molecule has 0 bridgehead atoms. The van der Waals surface area contributed by atoms with Gasteiger partial charge in [-0.05, 0) is 50.5 Å². The van der Waals surface area contributed by atoms with Gasteiger partial charge in [-0.25, -0.2) is 13.1 Å². The molecule has 0 saturated carbocycles. The molecule has 0 amide bonds. The second-order valence-electron chi connectivity index (χ2n) is 5.67. The third-order valence-electron chi connectivity index (χ3n) is 4.09. The maximum atomic E-state index is 12.6. The van der Waals surface area contributed by atoms with Crippen LogP contribution in [0.5, 0.6) is 0 Å². The Hall–Kier alpha value is -1.11. The minimum Gasteiger partial charge on any atom is -0.388 e. The van der Waals surface area contributed by atoms with Gasteiger partial charge in [-0.3, -0.25) is 0 Å². The Morgan fingerprint density at radius 1 is 1.29 bits per heavy atom. The Balaban J connectivity index is 2.19. The van der Waals surface area contributed by atoms with Gasteiger partial charge in [0.05, 0.1) is 11.0 Å². The molecule has 2 atom stereocenters. The Morgan fingerprint density at radius 3 is 2.38 bits per heavy atom. The Bertz CT molecular complexity index is 590. The molecule has 0 radical (unpaired) electrons. The molecule has 1 aromatic rings. The summed E-state index contributed by atoms with van der Waals surface area (Å²) in [7, 11) is -1.67. The minimum absolute atomic E-state index is 0.113. The van der Waals surface area contributed by atoms with Gasteiger partial charge in [0.2, 0.25) is 10.0 Å². The maximum absolute atomic E-state index is 12.6. The number of benzene rings is 1. The first-order valence-corrected chi connectivity index (χ1v) is 8.73. The fourth-order valence-electron chi connectivity index (χ4n) is 2.85. The molecule has 21 heavy (non-hydrogen) atoms. The average Bonchev–Trinajstić information content (AvgIpc) is 2.80. The first kappa shape index (κ1) is 16.3. The summed E-state index contributed by atoms with van der Waals surface area (Å²) < 4.78 is 33.3. The number of aryl methyl sites for hydroxylation is 2. The first-order chi connectivity index (χ1) is 9.85. The molecule has 2 unspecified atom stereocenters. The van der Waals surface area contributed by atoms with E-state index < -0.39 is 10.0 Å². The second kappa shape index (κ2) is 6.34. The molecule has 1 aromatic carbocycles. The molecule has 0 aliphatic carbocycles. The molecular weight excluding hydrogens is 288 g/mol. The Labute approximate surface area is 127 Å². The summed E-state index contributed by atoms with van der Waals surface area (Å²) in [5, 5.41) is 3.04. The number of nitrogens with one attached hydrogen (secondary N) is 2. The molecule has 1 saturated heterocycles. The molecule has 5 nitrogen and oxygen atoms in total. The van der Waals surface area contributed by atoms with Gasteiger partial charge in [-0.2, -0.15) is 0 Å². The van der Waals surface area contributed by atoms with Crippen LogP contribution in [0.15, 0.2) is 17.0 Å². The topological polar surface area (TPSA) is 67.4 Å². The van der Waals surface area contributed by atoms with Crippen LogP contribution in [-0.4, -0.2) is 34.7 Å². The van der Waals surface area contributed by atoms with Crippen LogP contribution in [0, 0.1) is 19.8 Å². The highest BCUT2D eigenvalue weighted by molar-refractivity contribution is 7.89. The van der Waals surface area contributed by atoms with Crippen molar-refractivity contribution in [3.8, 4) is 0 Å². The number of sulfonamides is 1. The maximum Gasteiger partial charge on any atom is 0.241 e. The van der Waals surface area contributed by atoms with E-state index in [-0.39, 0.29) is 12.0 Å². The summed E-state index contributed by atoms with van der Waals surface area (Å²) in [6.07, 6.45) is 1.02. The van der Waals surface area contributed by atoms with Crippen LogP contribution in [0.2, 0.25) is 0 Å². The fourth-order valence-corrected chi connectivity index (χ4v) is 4.39. The van der Waals surface area contributed by atoms with Crippen LogP contribution in [0.1, 0.15) is 24.5 Å². The molecule has 1 aliphatic rings. The lowest BCUT2D eigenvalue weighted by Gasteiger charge is -2.17. The molecule has 2 N–H and O–H groups in total. The first-order valence-electron chi connectivity index (χ1n) is 7.25. The SMILES string of the molecule is CNc1cc(C)c(S(=O)(=O)NCC2CCOC2C)c(C)c1. The smallest absolute Gasteiger partial charge is 0.241 e. The van der Waals surface area contributed by atoms with E-state index in [1.54, 1.807) is 0 Å². The van der Waals surface area contributed by atoms with E-state index in [0.717, 1.165) is 23.2 Å².